The molecule has 1 aromatic rings. The molecule has 114 valence electrons. The molecule has 0 saturated heterocycles. The first-order chi connectivity index (χ1) is 9.35. The molecule has 1 heterocycles. The lowest BCUT2D eigenvalue weighted by Gasteiger charge is -2.13. The minimum absolute atomic E-state index is 0.00131. The number of carboxylic acid groups (broad SMARTS) is 1. The summed E-state index contributed by atoms with van der Waals surface area (Å²) in [7, 11) is -1.87. The summed E-state index contributed by atoms with van der Waals surface area (Å²) < 4.78 is 27.9. The molecule has 0 aliphatic rings. The van der Waals surface area contributed by atoms with Gasteiger partial charge in [-0.25, -0.2) is 18.1 Å². The first-order valence-electron chi connectivity index (χ1n) is 6.54. The summed E-state index contributed by atoms with van der Waals surface area (Å²) >= 11 is 0. The summed E-state index contributed by atoms with van der Waals surface area (Å²) in [5, 5.41) is 8.64. The quantitative estimate of drug-likeness (QED) is 0.708. The molecule has 0 aliphatic heterocycles. The number of nitrogens with zero attached hydrogens (tertiary/aromatic N) is 2. The van der Waals surface area contributed by atoms with Crippen LogP contribution < -0.4 is 4.72 Å². The summed E-state index contributed by atoms with van der Waals surface area (Å²) in [4.78, 5) is 14.3. The molecule has 0 aromatic carbocycles. The average Bonchev–Trinajstić information content (AvgIpc) is 2.80. The molecule has 2 N–H and O–H groups in total. The molecule has 0 amide bonds. The number of carbonyl (C=O) groups is 1. The molecule has 1 rings (SSSR count). The highest BCUT2D eigenvalue weighted by atomic mass is 32.2. The van der Waals surface area contributed by atoms with E-state index in [0.29, 0.717) is 12.8 Å². The minimum atomic E-state index is -3.57. The van der Waals surface area contributed by atoms with E-state index in [0.717, 1.165) is 6.42 Å². The fourth-order valence-electron chi connectivity index (χ4n) is 1.88. The number of aryl methyl sites for hydroxylation is 1. The predicted molar refractivity (Wildman–Crippen MR) is 73.7 cm³/mol. The number of hydrogen-bond donors (Lipinski definition) is 2. The fraction of sp³-hybridized carbons (Fsp3) is 0.667. The zero-order valence-corrected chi connectivity index (χ0v) is 12.6. The first kappa shape index (κ1) is 16.6. The number of carboxylic acids is 1. The Morgan fingerprint density at radius 1 is 1.50 bits per heavy atom. The van der Waals surface area contributed by atoms with Crippen molar-refractivity contribution in [3.05, 3.63) is 12.5 Å². The predicted octanol–water partition coefficient (Wildman–Crippen LogP) is 0.979. The Kier molecular flexibility index (Phi) is 6.15. The highest BCUT2D eigenvalue weighted by Gasteiger charge is 2.17. The first-order valence-corrected chi connectivity index (χ1v) is 8.03. The van der Waals surface area contributed by atoms with E-state index in [1.165, 1.54) is 12.5 Å². The third-order valence-electron chi connectivity index (χ3n) is 3.14. The molecule has 20 heavy (non-hydrogen) atoms. The van der Waals surface area contributed by atoms with Crippen molar-refractivity contribution in [2.24, 2.45) is 13.0 Å². The third kappa shape index (κ3) is 5.30. The zero-order chi connectivity index (χ0) is 15.2. The number of aromatic nitrogens is 2. The van der Waals surface area contributed by atoms with Crippen molar-refractivity contribution in [2.45, 2.75) is 37.6 Å². The molecular weight excluding hydrogens is 282 g/mol. The molecule has 0 saturated carbocycles. The van der Waals surface area contributed by atoms with Crippen LogP contribution in [0.3, 0.4) is 0 Å². The van der Waals surface area contributed by atoms with Gasteiger partial charge in [-0.1, -0.05) is 13.3 Å². The van der Waals surface area contributed by atoms with Crippen molar-refractivity contribution in [1.82, 2.24) is 14.3 Å². The second-order valence-electron chi connectivity index (χ2n) is 4.77. The second-order valence-corrected chi connectivity index (χ2v) is 6.48. The van der Waals surface area contributed by atoms with Crippen molar-refractivity contribution < 1.29 is 18.3 Å². The molecule has 8 heteroatoms. The molecule has 0 fully saturated rings. The van der Waals surface area contributed by atoms with Gasteiger partial charge in [-0.3, -0.25) is 4.79 Å². The summed E-state index contributed by atoms with van der Waals surface area (Å²) in [5.41, 5.74) is 0. The van der Waals surface area contributed by atoms with Gasteiger partial charge in [-0.05, 0) is 18.8 Å². The van der Waals surface area contributed by atoms with E-state index in [2.05, 4.69) is 9.71 Å². The highest BCUT2D eigenvalue weighted by molar-refractivity contribution is 7.89. The van der Waals surface area contributed by atoms with E-state index in [1.54, 1.807) is 11.6 Å². The van der Waals surface area contributed by atoms with Crippen molar-refractivity contribution in [1.29, 1.82) is 0 Å². The SMILES string of the molecule is CCC(CCNS(=O)(=O)c1cn(C)cn1)CCC(=O)O. The van der Waals surface area contributed by atoms with Gasteiger partial charge in [0, 0.05) is 26.2 Å². The van der Waals surface area contributed by atoms with E-state index >= 15 is 0 Å². The van der Waals surface area contributed by atoms with Crippen molar-refractivity contribution in [3.63, 3.8) is 0 Å². The lowest BCUT2D eigenvalue weighted by molar-refractivity contribution is -0.137. The van der Waals surface area contributed by atoms with Crippen LogP contribution in [0, 0.1) is 5.92 Å². The number of nitrogens with one attached hydrogen (secondary N) is 1. The van der Waals surface area contributed by atoms with E-state index in [4.69, 9.17) is 5.11 Å². The Morgan fingerprint density at radius 3 is 2.70 bits per heavy atom. The third-order valence-corrected chi connectivity index (χ3v) is 4.49. The molecular formula is C12H21N3O4S. The maximum absolute atomic E-state index is 11.9. The van der Waals surface area contributed by atoms with Gasteiger partial charge in [0.1, 0.15) is 0 Å². The van der Waals surface area contributed by atoms with Gasteiger partial charge in [-0.15, -0.1) is 0 Å². The van der Waals surface area contributed by atoms with Gasteiger partial charge in [0.2, 0.25) is 0 Å². The lowest BCUT2D eigenvalue weighted by atomic mass is 9.97. The number of hydrogen-bond acceptors (Lipinski definition) is 4. The standard InChI is InChI=1S/C12H21N3O4S/c1-3-10(4-5-12(16)17)6-7-14-20(18,19)11-8-15(2)9-13-11/h8-10,14H,3-7H2,1-2H3,(H,16,17). The van der Waals surface area contributed by atoms with Gasteiger partial charge >= 0.3 is 5.97 Å². The van der Waals surface area contributed by atoms with Gasteiger partial charge in [0.15, 0.2) is 5.03 Å². The van der Waals surface area contributed by atoms with Crippen LogP contribution in [0.25, 0.3) is 0 Å². The second kappa shape index (κ2) is 7.39. The Hall–Kier alpha value is -1.41. The number of rotatable bonds is 9. The molecule has 1 aromatic heterocycles. The molecule has 7 nitrogen and oxygen atoms in total. The molecule has 0 aliphatic carbocycles. The van der Waals surface area contributed by atoms with Crippen LogP contribution in [-0.2, 0) is 21.9 Å². The average molecular weight is 303 g/mol. The monoisotopic (exact) mass is 303 g/mol. The Bertz CT molecular complexity index is 539. The fourth-order valence-corrected chi connectivity index (χ4v) is 2.90. The van der Waals surface area contributed by atoms with Crippen molar-refractivity contribution in [2.75, 3.05) is 6.54 Å². The number of aliphatic carboxylic acids is 1. The van der Waals surface area contributed by atoms with Crippen LogP contribution >= 0.6 is 0 Å². The van der Waals surface area contributed by atoms with Gasteiger partial charge in [0.05, 0.1) is 6.33 Å². The van der Waals surface area contributed by atoms with Gasteiger partial charge < -0.3 is 9.67 Å². The molecule has 0 spiro atoms. The smallest absolute Gasteiger partial charge is 0.303 e. The minimum Gasteiger partial charge on any atom is -0.481 e. The molecule has 0 radical (unpaired) electrons. The van der Waals surface area contributed by atoms with Crippen LogP contribution in [0.4, 0.5) is 0 Å². The van der Waals surface area contributed by atoms with Crippen LogP contribution in [0.1, 0.15) is 32.6 Å². The van der Waals surface area contributed by atoms with Crippen LogP contribution in [0.15, 0.2) is 17.6 Å². The Balaban J connectivity index is 2.44. The lowest BCUT2D eigenvalue weighted by Crippen LogP contribution is -2.26. The van der Waals surface area contributed by atoms with Crippen molar-refractivity contribution >= 4 is 16.0 Å². The maximum atomic E-state index is 11.9. The van der Waals surface area contributed by atoms with E-state index < -0.39 is 16.0 Å². The molecule has 1 unspecified atom stereocenters. The van der Waals surface area contributed by atoms with Gasteiger partial charge in [-0.2, -0.15) is 0 Å². The van der Waals surface area contributed by atoms with Crippen LogP contribution in [0.5, 0.6) is 0 Å². The highest BCUT2D eigenvalue weighted by Crippen LogP contribution is 2.15. The van der Waals surface area contributed by atoms with E-state index in [-0.39, 0.29) is 23.9 Å². The topological polar surface area (TPSA) is 101 Å². The number of sulfonamides is 1. The largest absolute Gasteiger partial charge is 0.481 e. The summed E-state index contributed by atoms with van der Waals surface area (Å²) in [6, 6.07) is 0. The van der Waals surface area contributed by atoms with Crippen LogP contribution in [-0.4, -0.2) is 35.6 Å². The Morgan fingerprint density at radius 2 is 2.20 bits per heavy atom. The van der Waals surface area contributed by atoms with E-state index in [1.807, 2.05) is 6.92 Å². The van der Waals surface area contributed by atoms with Gasteiger partial charge in [0.25, 0.3) is 10.0 Å². The summed E-state index contributed by atoms with van der Waals surface area (Å²) in [6.07, 6.45) is 5.00. The summed E-state index contributed by atoms with van der Waals surface area (Å²) in [6.45, 7) is 2.26. The number of imidazole rings is 1. The Labute approximate surface area is 119 Å². The van der Waals surface area contributed by atoms with E-state index in [9.17, 15) is 13.2 Å². The van der Waals surface area contributed by atoms with Crippen molar-refractivity contribution in [3.8, 4) is 0 Å². The maximum Gasteiger partial charge on any atom is 0.303 e. The molecule has 0 bridgehead atoms. The molecule has 1 atom stereocenters. The normalized spacial score (nSPS) is 13.3. The zero-order valence-electron chi connectivity index (χ0n) is 11.7. The summed E-state index contributed by atoms with van der Waals surface area (Å²) in [5.74, 6) is -0.616. The van der Waals surface area contributed by atoms with Crippen LogP contribution in [0.2, 0.25) is 0 Å².